The summed E-state index contributed by atoms with van der Waals surface area (Å²) < 4.78 is 27.5. The third-order valence-electron chi connectivity index (χ3n) is 3.31. The molecule has 0 spiro atoms. The van der Waals surface area contributed by atoms with Gasteiger partial charge in [0.2, 0.25) is 10.0 Å². The Labute approximate surface area is 122 Å². The molecule has 1 heterocycles. The topological polar surface area (TPSA) is 84.5 Å². The number of hydrogen-bond acceptors (Lipinski definition) is 4. The molecule has 1 atom stereocenters. The molecule has 0 saturated carbocycles. The molecule has 3 rings (SSSR count). The molecule has 2 aromatic rings. The van der Waals surface area contributed by atoms with E-state index in [4.69, 9.17) is 4.74 Å². The summed E-state index contributed by atoms with van der Waals surface area (Å²) in [6, 6.07) is 11.6. The highest BCUT2D eigenvalue weighted by Crippen LogP contribution is 2.34. The zero-order valence-corrected chi connectivity index (χ0v) is 12.1. The van der Waals surface area contributed by atoms with Crippen molar-refractivity contribution in [1.29, 1.82) is 0 Å². The van der Waals surface area contributed by atoms with E-state index in [1.807, 2.05) is 41.2 Å². The Hall–Kier alpha value is -2.12. The highest BCUT2D eigenvalue weighted by molar-refractivity contribution is 7.88. The molecule has 1 amide bonds. The minimum absolute atomic E-state index is 0.411. The van der Waals surface area contributed by atoms with Gasteiger partial charge in [-0.25, -0.2) is 8.42 Å². The second-order valence-corrected chi connectivity index (χ2v) is 6.69. The second-order valence-electron chi connectivity index (χ2n) is 4.94. The average Bonchev–Trinajstić information content (AvgIpc) is 2.88. The molecule has 1 aliphatic heterocycles. The van der Waals surface area contributed by atoms with Crippen LogP contribution in [-0.2, 0) is 21.2 Å². The van der Waals surface area contributed by atoms with Gasteiger partial charge in [0.15, 0.2) is 6.10 Å². The zero-order valence-electron chi connectivity index (χ0n) is 11.3. The van der Waals surface area contributed by atoms with Crippen LogP contribution in [0.3, 0.4) is 0 Å². The predicted octanol–water partition coefficient (Wildman–Crippen LogP) is 0.724. The molecule has 0 saturated heterocycles. The van der Waals surface area contributed by atoms with Crippen LogP contribution in [0.4, 0.5) is 0 Å². The van der Waals surface area contributed by atoms with Gasteiger partial charge >= 0.3 is 0 Å². The molecule has 110 valence electrons. The van der Waals surface area contributed by atoms with Crippen LogP contribution >= 0.6 is 0 Å². The normalized spacial score (nSPS) is 17.3. The third-order valence-corrected chi connectivity index (χ3v) is 3.78. The largest absolute Gasteiger partial charge is 0.480 e. The fourth-order valence-electron chi connectivity index (χ4n) is 2.39. The minimum Gasteiger partial charge on any atom is -0.480 e. The first-order chi connectivity index (χ1) is 9.94. The number of rotatable bonds is 3. The van der Waals surface area contributed by atoms with Gasteiger partial charge < -0.3 is 4.74 Å². The summed E-state index contributed by atoms with van der Waals surface area (Å²) in [5, 5.41) is 2.12. The molecular weight excluding hydrogens is 292 g/mol. The number of carbonyl (C=O) groups excluding carboxylic acids is 1. The first kappa shape index (κ1) is 13.8. The van der Waals surface area contributed by atoms with E-state index in [0.717, 1.165) is 22.6 Å². The van der Waals surface area contributed by atoms with E-state index in [-0.39, 0.29) is 0 Å². The number of hydrogen-bond donors (Lipinski definition) is 2. The van der Waals surface area contributed by atoms with Gasteiger partial charge in [-0.15, -0.1) is 4.83 Å². The molecule has 2 aromatic carbocycles. The van der Waals surface area contributed by atoms with E-state index in [1.54, 1.807) is 0 Å². The van der Waals surface area contributed by atoms with Crippen molar-refractivity contribution < 1.29 is 17.9 Å². The number of amides is 1. The second kappa shape index (κ2) is 5.01. The smallest absolute Gasteiger partial charge is 0.276 e. The van der Waals surface area contributed by atoms with Crippen LogP contribution in [-0.4, -0.2) is 26.7 Å². The number of fused-ring (bicyclic) bond motifs is 3. The number of nitrogens with one attached hydrogen (secondary N) is 2. The molecular formula is C14H14N2O4S. The van der Waals surface area contributed by atoms with Gasteiger partial charge in [0, 0.05) is 12.0 Å². The van der Waals surface area contributed by atoms with E-state index < -0.39 is 22.0 Å². The van der Waals surface area contributed by atoms with Gasteiger partial charge in [0.25, 0.3) is 5.91 Å². The maximum atomic E-state index is 11.9. The maximum absolute atomic E-state index is 11.9. The lowest BCUT2D eigenvalue weighted by atomic mass is 10.0. The van der Waals surface area contributed by atoms with Gasteiger partial charge in [0.05, 0.1) is 6.26 Å². The summed E-state index contributed by atoms with van der Waals surface area (Å²) in [7, 11) is -3.49. The van der Waals surface area contributed by atoms with E-state index in [0.29, 0.717) is 12.2 Å². The first-order valence-corrected chi connectivity index (χ1v) is 8.27. The standard InChI is InChI=1S/C14H14N2O4S/c1-21(18,19)16-15-14(17)13-8-11-10-5-3-2-4-9(10)6-7-12(11)20-13/h2-7,13,16H,8H2,1H3,(H,15,17)/t13-/m0/s1. The zero-order chi connectivity index (χ0) is 15.0. The molecule has 0 radical (unpaired) electrons. The van der Waals surface area contributed by atoms with Crippen molar-refractivity contribution in [3.8, 4) is 5.75 Å². The number of sulfonamides is 1. The lowest BCUT2D eigenvalue weighted by molar-refractivity contribution is -0.127. The van der Waals surface area contributed by atoms with Crippen molar-refractivity contribution in [2.24, 2.45) is 0 Å². The first-order valence-electron chi connectivity index (χ1n) is 6.38. The molecule has 7 heteroatoms. The minimum atomic E-state index is -3.49. The Balaban J connectivity index is 1.81. The van der Waals surface area contributed by atoms with E-state index in [2.05, 4.69) is 5.43 Å². The Morgan fingerprint density at radius 2 is 2.00 bits per heavy atom. The summed E-state index contributed by atoms with van der Waals surface area (Å²) in [6.07, 6.45) is 0.638. The molecule has 21 heavy (non-hydrogen) atoms. The van der Waals surface area contributed by atoms with Crippen LogP contribution in [0, 0.1) is 0 Å². The lowest BCUT2D eigenvalue weighted by Crippen LogP contribution is -2.47. The molecule has 0 unspecified atom stereocenters. The van der Waals surface area contributed by atoms with E-state index in [1.165, 1.54) is 0 Å². The predicted molar refractivity (Wildman–Crippen MR) is 78.2 cm³/mol. The van der Waals surface area contributed by atoms with Crippen molar-refractivity contribution in [2.75, 3.05) is 6.26 Å². The monoisotopic (exact) mass is 306 g/mol. The SMILES string of the molecule is CS(=O)(=O)NNC(=O)[C@@H]1Cc2c(ccc3ccccc23)O1. The molecule has 2 N–H and O–H groups in total. The fourth-order valence-corrected chi connectivity index (χ4v) is 2.67. The van der Waals surface area contributed by atoms with Crippen LogP contribution in [0.5, 0.6) is 5.75 Å². The third kappa shape index (κ3) is 2.84. The van der Waals surface area contributed by atoms with Crippen LogP contribution in [0.2, 0.25) is 0 Å². The van der Waals surface area contributed by atoms with Crippen molar-refractivity contribution >= 4 is 26.7 Å². The highest BCUT2D eigenvalue weighted by Gasteiger charge is 2.30. The van der Waals surface area contributed by atoms with Gasteiger partial charge in [-0.05, 0) is 16.8 Å². The van der Waals surface area contributed by atoms with Gasteiger partial charge in [-0.2, -0.15) is 0 Å². The van der Waals surface area contributed by atoms with E-state index in [9.17, 15) is 13.2 Å². The van der Waals surface area contributed by atoms with Crippen molar-refractivity contribution in [2.45, 2.75) is 12.5 Å². The van der Waals surface area contributed by atoms with Crippen LogP contribution in [0.25, 0.3) is 10.8 Å². The Morgan fingerprint density at radius 1 is 1.24 bits per heavy atom. The van der Waals surface area contributed by atoms with Crippen molar-refractivity contribution in [1.82, 2.24) is 10.3 Å². The van der Waals surface area contributed by atoms with Crippen LogP contribution < -0.4 is 15.0 Å². The highest BCUT2D eigenvalue weighted by atomic mass is 32.2. The van der Waals surface area contributed by atoms with E-state index >= 15 is 0 Å². The quantitative estimate of drug-likeness (QED) is 0.819. The molecule has 1 aliphatic rings. The number of hydrazine groups is 1. The fraction of sp³-hybridized carbons (Fsp3) is 0.214. The number of ether oxygens (including phenoxy) is 1. The van der Waals surface area contributed by atoms with Gasteiger partial charge in [-0.1, -0.05) is 30.3 Å². The molecule has 0 fully saturated rings. The van der Waals surface area contributed by atoms with Crippen molar-refractivity contribution in [3.63, 3.8) is 0 Å². The molecule has 0 bridgehead atoms. The Bertz CT molecular complexity index is 817. The Kier molecular flexibility index (Phi) is 3.30. The van der Waals surface area contributed by atoms with Crippen molar-refractivity contribution in [3.05, 3.63) is 42.0 Å². The molecule has 0 aromatic heterocycles. The summed E-state index contributed by atoms with van der Waals surface area (Å²) in [5.74, 6) is 0.147. The molecule has 6 nitrogen and oxygen atoms in total. The van der Waals surface area contributed by atoms with Crippen LogP contribution in [0.15, 0.2) is 36.4 Å². The average molecular weight is 306 g/mol. The summed E-state index contributed by atoms with van der Waals surface area (Å²) >= 11 is 0. The number of benzene rings is 2. The van der Waals surface area contributed by atoms with Gasteiger partial charge in [-0.3, -0.25) is 10.2 Å². The lowest BCUT2D eigenvalue weighted by Gasteiger charge is -2.10. The Morgan fingerprint density at radius 3 is 2.76 bits per heavy atom. The summed E-state index contributed by atoms with van der Waals surface area (Å²) in [5.41, 5.74) is 3.11. The van der Waals surface area contributed by atoms with Gasteiger partial charge in [0.1, 0.15) is 5.75 Å². The number of carbonyl (C=O) groups is 1. The summed E-state index contributed by atoms with van der Waals surface area (Å²) in [6.45, 7) is 0. The maximum Gasteiger partial charge on any atom is 0.276 e. The summed E-state index contributed by atoms with van der Waals surface area (Å²) in [4.78, 5) is 13.9. The molecule has 0 aliphatic carbocycles. The van der Waals surface area contributed by atoms with Crippen LogP contribution in [0.1, 0.15) is 5.56 Å².